The number of hydrogen-bond donors (Lipinski definition) is 1. The summed E-state index contributed by atoms with van der Waals surface area (Å²) in [6.45, 7) is 2.73. The Morgan fingerprint density at radius 3 is 3.06 bits per heavy atom. The van der Waals surface area contributed by atoms with Gasteiger partial charge in [0.2, 0.25) is 0 Å². The molecule has 0 spiro atoms. The molecule has 1 aliphatic rings. The van der Waals surface area contributed by atoms with Gasteiger partial charge in [-0.15, -0.1) is 0 Å². The van der Waals surface area contributed by atoms with Crippen LogP contribution in [-0.4, -0.2) is 21.2 Å². The van der Waals surface area contributed by atoms with Crippen LogP contribution in [0.3, 0.4) is 0 Å². The van der Waals surface area contributed by atoms with Crippen LogP contribution in [0, 0.1) is 0 Å². The number of fused-ring (bicyclic) bond motifs is 1. The molecule has 0 unspecified atom stereocenters. The summed E-state index contributed by atoms with van der Waals surface area (Å²) in [7, 11) is 0. The molecule has 2 aromatic rings. The Bertz CT molecular complexity index is 567. The summed E-state index contributed by atoms with van der Waals surface area (Å²) in [6, 6.07) is 5.98. The molecule has 94 valence electrons. The van der Waals surface area contributed by atoms with E-state index < -0.39 is 0 Å². The van der Waals surface area contributed by atoms with Gasteiger partial charge >= 0.3 is 0 Å². The number of imidazole rings is 1. The number of anilines is 1. The van der Waals surface area contributed by atoms with Crippen LogP contribution in [0.15, 0.2) is 35.1 Å². The monoisotopic (exact) mass is 307 g/mol. The van der Waals surface area contributed by atoms with Gasteiger partial charge in [0.05, 0.1) is 13.2 Å². The number of aliphatic hydroxyl groups excluding tert-OH is 1. The summed E-state index contributed by atoms with van der Waals surface area (Å²) in [5.41, 5.74) is 2.04. The van der Waals surface area contributed by atoms with Gasteiger partial charge in [0.1, 0.15) is 5.82 Å². The zero-order chi connectivity index (χ0) is 12.5. The van der Waals surface area contributed by atoms with E-state index in [0.717, 1.165) is 41.2 Å². The second kappa shape index (κ2) is 4.74. The van der Waals surface area contributed by atoms with Gasteiger partial charge in [-0.25, -0.2) is 4.98 Å². The van der Waals surface area contributed by atoms with E-state index in [4.69, 9.17) is 0 Å². The fraction of sp³-hybridized carbons (Fsp3) is 0.308. The normalized spacial score (nSPS) is 14.7. The SMILES string of the molecule is OCc1ccc(Br)cc1N1CCn2ccnc2C1. The number of benzene rings is 1. The third-order valence-corrected chi connectivity index (χ3v) is 3.80. The van der Waals surface area contributed by atoms with Crippen LogP contribution in [-0.2, 0) is 19.7 Å². The maximum absolute atomic E-state index is 9.43. The molecule has 18 heavy (non-hydrogen) atoms. The minimum atomic E-state index is 0.0630. The molecule has 0 bridgehead atoms. The van der Waals surface area contributed by atoms with Gasteiger partial charge in [-0.05, 0) is 12.1 Å². The van der Waals surface area contributed by atoms with Gasteiger partial charge < -0.3 is 14.6 Å². The van der Waals surface area contributed by atoms with Crippen LogP contribution in [0.5, 0.6) is 0 Å². The molecule has 5 heteroatoms. The van der Waals surface area contributed by atoms with E-state index in [1.165, 1.54) is 0 Å². The van der Waals surface area contributed by atoms with Crippen molar-refractivity contribution < 1.29 is 5.11 Å². The zero-order valence-corrected chi connectivity index (χ0v) is 11.5. The average molecular weight is 308 g/mol. The molecule has 1 aliphatic heterocycles. The lowest BCUT2D eigenvalue weighted by atomic mass is 10.1. The van der Waals surface area contributed by atoms with E-state index >= 15 is 0 Å². The maximum Gasteiger partial charge on any atom is 0.128 e. The largest absolute Gasteiger partial charge is 0.392 e. The Balaban J connectivity index is 1.94. The number of rotatable bonds is 2. The van der Waals surface area contributed by atoms with Crippen molar-refractivity contribution in [1.82, 2.24) is 9.55 Å². The highest BCUT2D eigenvalue weighted by Gasteiger charge is 2.19. The highest BCUT2D eigenvalue weighted by molar-refractivity contribution is 9.10. The van der Waals surface area contributed by atoms with Crippen LogP contribution in [0.2, 0.25) is 0 Å². The topological polar surface area (TPSA) is 41.3 Å². The van der Waals surface area contributed by atoms with Crippen LogP contribution in [0.1, 0.15) is 11.4 Å². The Labute approximate surface area is 114 Å². The standard InChI is InChI=1S/C13H14BrN3O/c14-11-2-1-10(9-18)12(7-11)17-6-5-16-4-3-15-13(16)8-17/h1-4,7,18H,5-6,8-9H2. The molecular formula is C13H14BrN3O. The lowest BCUT2D eigenvalue weighted by Gasteiger charge is -2.31. The Hall–Kier alpha value is -1.33. The fourth-order valence-corrected chi connectivity index (χ4v) is 2.69. The highest BCUT2D eigenvalue weighted by atomic mass is 79.9. The highest BCUT2D eigenvalue weighted by Crippen LogP contribution is 2.28. The maximum atomic E-state index is 9.43. The first-order valence-corrected chi connectivity index (χ1v) is 6.71. The second-order valence-electron chi connectivity index (χ2n) is 4.39. The smallest absolute Gasteiger partial charge is 0.128 e. The number of nitrogens with zero attached hydrogens (tertiary/aromatic N) is 3. The molecule has 0 radical (unpaired) electrons. The molecular weight excluding hydrogens is 294 g/mol. The van der Waals surface area contributed by atoms with Gasteiger partial charge in [-0.3, -0.25) is 0 Å². The zero-order valence-electron chi connectivity index (χ0n) is 9.88. The van der Waals surface area contributed by atoms with E-state index in [0.29, 0.717) is 0 Å². The second-order valence-corrected chi connectivity index (χ2v) is 5.31. The first-order chi connectivity index (χ1) is 8.78. The van der Waals surface area contributed by atoms with E-state index in [1.54, 1.807) is 0 Å². The molecule has 2 heterocycles. The molecule has 0 fully saturated rings. The lowest BCUT2D eigenvalue weighted by molar-refractivity contribution is 0.282. The molecule has 1 aromatic heterocycles. The summed E-state index contributed by atoms with van der Waals surface area (Å²) in [5.74, 6) is 1.07. The molecule has 0 atom stereocenters. The molecule has 3 rings (SSSR count). The minimum Gasteiger partial charge on any atom is -0.392 e. The summed E-state index contributed by atoms with van der Waals surface area (Å²) in [6.07, 6.45) is 3.85. The summed E-state index contributed by atoms with van der Waals surface area (Å²) in [4.78, 5) is 6.62. The average Bonchev–Trinajstić information content (AvgIpc) is 2.85. The van der Waals surface area contributed by atoms with E-state index in [1.807, 2.05) is 24.5 Å². The molecule has 0 amide bonds. The first kappa shape index (κ1) is 11.7. The van der Waals surface area contributed by atoms with Crippen molar-refractivity contribution >= 4 is 21.6 Å². The lowest BCUT2D eigenvalue weighted by Crippen LogP contribution is -2.34. The predicted molar refractivity (Wildman–Crippen MR) is 73.3 cm³/mol. The van der Waals surface area contributed by atoms with Gasteiger partial charge in [-0.2, -0.15) is 0 Å². The molecule has 1 N–H and O–H groups in total. The number of aromatic nitrogens is 2. The summed E-state index contributed by atoms with van der Waals surface area (Å²) < 4.78 is 3.20. The minimum absolute atomic E-state index is 0.0630. The third kappa shape index (κ3) is 2.04. The molecule has 0 aliphatic carbocycles. The molecule has 4 nitrogen and oxygen atoms in total. The Morgan fingerprint density at radius 2 is 2.22 bits per heavy atom. The van der Waals surface area contributed by atoms with Gasteiger partial charge in [0, 0.05) is 41.2 Å². The number of hydrogen-bond acceptors (Lipinski definition) is 3. The van der Waals surface area contributed by atoms with Crippen molar-refractivity contribution in [3.8, 4) is 0 Å². The first-order valence-electron chi connectivity index (χ1n) is 5.92. The van der Waals surface area contributed by atoms with Crippen molar-refractivity contribution in [1.29, 1.82) is 0 Å². The number of aliphatic hydroxyl groups is 1. The van der Waals surface area contributed by atoms with Gasteiger partial charge in [0.15, 0.2) is 0 Å². The fourth-order valence-electron chi connectivity index (χ4n) is 2.34. The van der Waals surface area contributed by atoms with Crippen molar-refractivity contribution in [2.45, 2.75) is 19.7 Å². The Morgan fingerprint density at radius 1 is 1.33 bits per heavy atom. The summed E-state index contributed by atoms with van der Waals surface area (Å²) in [5, 5.41) is 9.43. The van der Waals surface area contributed by atoms with E-state index in [-0.39, 0.29) is 6.61 Å². The van der Waals surface area contributed by atoms with Crippen molar-refractivity contribution in [2.75, 3.05) is 11.4 Å². The Kier molecular flexibility index (Phi) is 3.09. The summed E-state index contributed by atoms with van der Waals surface area (Å²) >= 11 is 3.49. The number of halogens is 1. The van der Waals surface area contributed by atoms with Crippen LogP contribution < -0.4 is 4.90 Å². The third-order valence-electron chi connectivity index (χ3n) is 3.30. The van der Waals surface area contributed by atoms with Crippen molar-refractivity contribution in [3.63, 3.8) is 0 Å². The molecule has 1 aromatic carbocycles. The van der Waals surface area contributed by atoms with Crippen LogP contribution in [0.4, 0.5) is 5.69 Å². The van der Waals surface area contributed by atoms with E-state index in [9.17, 15) is 5.11 Å². The van der Waals surface area contributed by atoms with Crippen LogP contribution in [0.25, 0.3) is 0 Å². The van der Waals surface area contributed by atoms with Crippen molar-refractivity contribution in [3.05, 3.63) is 46.5 Å². The molecule has 0 saturated carbocycles. The van der Waals surface area contributed by atoms with Crippen molar-refractivity contribution in [2.24, 2.45) is 0 Å². The van der Waals surface area contributed by atoms with Gasteiger partial charge in [-0.1, -0.05) is 22.0 Å². The quantitative estimate of drug-likeness (QED) is 0.924. The van der Waals surface area contributed by atoms with Crippen LogP contribution >= 0.6 is 15.9 Å². The predicted octanol–water partition coefficient (Wildman–Crippen LogP) is 2.16. The molecule has 0 saturated heterocycles. The van der Waals surface area contributed by atoms with E-state index in [2.05, 4.69) is 36.4 Å². The van der Waals surface area contributed by atoms with Gasteiger partial charge in [0.25, 0.3) is 0 Å².